The summed E-state index contributed by atoms with van der Waals surface area (Å²) < 4.78 is 7.49. The Bertz CT molecular complexity index is 788. The van der Waals surface area contributed by atoms with Crippen LogP contribution in [0, 0.1) is 0 Å². The smallest absolute Gasteiger partial charge is 0.345 e. The van der Waals surface area contributed by atoms with Gasteiger partial charge < -0.3 is 10.1 Å². The normalized spacial score (nSPS) is 10.8. The van der Waals surface area contributed by atoms with E-state index in [9.17, 15) is 0 Å². The molecule has 0 aliphatic rings. The van der Waals surface area contributed by atoms with E-state index in [2.05, 4.69) is 33.8 Å². The van der Waals surface area contributed by atoms with Crippen LogP contribution < -0.4 is 10.1 Å². The molecule has 0 atom stereocenters. The minimum absolute atomic E-state index is 0.348. The Morgan fingerprint density at radius 3 is 2.73 bits per heavy atom. The van der Waals surface area contributed by atoms with Gasteiger partial charge in [0.25, 0.3) is 0 Å². The van der Waals surface area contributed by atoms with Crippen molar-refractivity contribution in [1.29, 1.82) is 0 Å². The quantitative estimate of drug-likeness (QED) is 0.557. The molecule has 0 unspecified atom stereocenters. The maximum Gasteiger partial charge on any atom is 0.345 e. The summed E-state index contributed by atoms with van der Waals surface area (Å²) >= 11 is 0. The van der Waals surface area contributed by atoms with Crippen molar-refractivity contribution in [2.45, 2.75) is 39.2 Å². The van der Waals surface area contributed by atoms with Gasteiger partial charge >= 0.3 is 6.01 Å². The number of unbranched alkanes of at least 4 members (excludes halogenated alkanes) is 3. The van der Waals surface area contributed by atoms with Gasteiger partial charge in [-0.05, 0) is 53.2 Å². The van der Waals surface area contributed by atoms with Gasteiger partial charge in [0.05, 0.1) is 5.69 Å². The Balaban J connectivity index is 1.59. The van der Waals surface area contributed by atoms with Crippen LogP contribution in [-0.2, 0) is 6.54 Å². The lowest BCUT2D eigenvalue weighted by Gasteiger charge is -2.08. The van der Waals surface area contributed by atoms with Crippen LogP contribution in [0.3, 0.4) is 0 Å². The molecule has 0 radical (unpaired) electrons. The van der Waals surface area contributed by atoms with Crippen molar-refractivity contribution in [3.8, 4) is 17.4 Å². The lowest BCUT2D eigenvalue weighted by atomic mass is 10.2. The molecule has 6 heteroatoms. The number of para-hydroxylation sites is 1. The highest BCUT2D eigenvalue weighted by Crippen LogP contribution is 2.22. The molecule has 0 saturated heterocycles. The van der Waals surface area contributed by atoms with E-state index in [-0.39, 0.29) is 0 Å². The second-order valence-corrected chi connectivity index (χ2v) is 6.20. The van der Waals surface area contributed by atoms with Crippen LogP contribution in [0.4, 0.5) is 0 Å². The third-order valence-electron chi connectivity index (χ3n) is 4.09. The number of rotatable bonds is 10. The van der Waals surface area contributed by atoms with Crippen LogP contribution in [0.5, 0.6) is 11.8 Å². The summed E-state index contributed by atoms with van der Waals surface area (Å²) in [6, 6.07) is 18.0. The van der Waals surface area contributed by atoms with Gasteiger partial charge in [-0.2, -0.15) is 4.68 Å². The van der Waals surface area contributed by atoms with Crippen molar-refractivity contribution in [2.24, 2.45) is 0 Å². The maximum absolute atomic E-state index is 5.90. The van der Waals surface area contributed by atoms with E-state index >= 15 is 0 Å². The number of hydrogen-bond donors (Lipinski definition) is 1. The Labute approximate surface area is 154 Å². The molecule has 0 spiro atoms. The fraction of sp³-hybridized carbons (Fsp3) is 0.350. The number of benzene rings is 2. The molecule has 3 aromatic rings. The first-order valence-electron chi connectivity index (χ1n) is 9.18. The SMILES string of the molecule is CCCCCCNCc1cccc(Oc2nnnn2-c2ccccc2)c1. The second kappa shape index (κ2) is 9.68. The predicted molar refractivity (Wildman–Crippen MR) is 102 cm³/mol. The molecule has 1 heterocycles. The third-order valence-corrected chi connectivity index (χ3v) is 4.09. The van der Waals surface area contributed by atoms with Crippen LogP contribution in [0.2, 0.25) is 0 Å². The summed E-state index contributed by atoms with van der Waals surface area (Å²) in [5.74, 6) is 0.724. The number of nitrogens with zero attached hydrogens (tertiary/aromatic N) is 4. The molecule has 136 valence electrons. The Hall–Kier alpha value is -2.73. The van der Waals surface area contributed by atoms with Crippen molar-refractivity contribution < 1.29 is 4.74 Å². The number of hydrogen-bond acceptors (Lipinski definition) is 5. The Kier molecular flexibility index (Phi) is 6.73. The van der Waals surface area contributed by atoms with Crippen LogP contribution in [0.1, 0.15) is 38.2 Å². The summed E-state index contributed by atoms with van der Waals surface area (Å²) in [7, 11) is 0. The molecule has 0 saturated carbocycles. The fourth-order valence-corrected chi connectivity index (χ4v) is 2.71. The van der Waals surface area contributed by atoms with Gasteiger partial charge in [-0.15, -0.1) is 0 Å². The summed E-state index contributed by atoms with van der Waals surface area (Å²) in [6.45, 7) is 4.09. The highest BCUT2D eigenvalue weighted by Gasteiger charge is 2.10. The first-order chi connectivity index (χ1) is 12.9. The molecule has 0 aliphatic carbocycles. The molecule has 1 aromatic heterocycles. The number of nitrogens with one attached hydrogen (secondary N) is 1. The largest absolute Gasteiger partial charge is 0.423 e. The van der Waals surface area contributed by atoms with Gasteiger partial charge in [0.15, 0.2) is 0 Å². The van der Waals surface area contributed by atoms with Crippen LogP contribution in [0.15, 0.2) is 54.6 Å². The molecule has 0 fully saturated rings. The minimum atomic E-state index is 0.348. The van der Waals surface area contributed by atoms with Gasteiger partial charge in [-0.3, -0.25) is 0 Å². The first kappa shape index (κ1) is 18.1. The molecule has 26 heavy (non-hydrogen) atoms. The van der Waals surface area contributed by atoms with Crippen molar-refractivity contribution in [3.05, 3.63) is 60.2 Å². The van der Waals surface area contributed by atoms with E-state index < -0.39 is 0 Å². The summed E-state index contributed by atoms with van der Waals surface area (Å²) in [6.07, 6.45) is 5.08. The maximum atomic E-state index is 5.90. The standard InChI is InChI=1S/C20H25N5O/c1-2-3-4-8-14-21-16-17-10-9-13-19(15-17)26-20-22-23-24-25(20)18-11-6-5-7-12-18/h5-7,9-13,15,21H,2-4,8,14,16H2,1H3. The first-order valence-corrected chi connectivity index (χ1v) is 9.18. The molecule has 6 nitrogen and oxygen atoms in total. The molecular weight excluding hydrogens is 326 g/mol. The van der Waals surface area contributed by atoms with E-state index in [1.807, 2.05) is 48.5 Å². The van der Waals surface area contributed by atoms with E-state index in [1.165, 1.54) is 31.2 Å². The fourth-order valence-electron chi connectivity index (χ4n) is 2.71. The topological polar surface area (TPSA) is 64.9 Å². The van der Waals surface area contributed by atoms with Crippen LogP contribution in [0.25, 0.3) is 5.69 Å². The van der Waals surface area contributed by atoms with Gasteiger partial charge in [0.1, 0.15) is 5.75 Å². The zero-order valence-electron chi connectivity index (χ0n) is 15.1. The molecular formula is C20H25N5O. The number of ether oxygens (including phenoxy) is 1. The minimum Gasteiger partial charge on any atom is -0.423 e. The molecule has 1 N–H and O–H groups in total. The lowest BCUT2D eigenvalue weighted by molar-refractivity contribution is 0.426. The van der Waals surface area contributed by atoms with Crippen molar-refractivity contribution >= 4 is 0 Å². The van der Waals surface area contributed by atoms with E-state index in [4.69, 9.17) is 4.74 Å². The van der Waals surface area contributed by atoms with Gasteiger partial charge in [0.2, 0.25) is 0 Å². The van der Waals surface area contributed by atoms with Crippen LogP contribution in [-0.4, -0.2) is 26.8 Å². The van der Waals surface area contributed by atoms with E-state index in [1.54, 1.807) is 4.68 Å². The average Bonchev–Trinajstić information content (AvgIpc) is 3.14. The molecule has 0 bridgehead atoms. The van der Waals surface area contributed by atoms with Gasteiger partial charge in [-0.25, -0.2) is 0 Å². The van der Waals surface area contributed by atoms with Crippen molar-refractivity contribution in [1.82, 2.24) is 25.5 Å². The predicted octanol–water partition coefficient (Wildman–Crippen LogP) is 4.12. The third kappa shape index (κ3) is 5.13. The van der Waals surface area contributed by atoms with E-state index in [0.29, 0.717) is 6.01 Å². The monoisotopic (exact) mass is 351 g/mol. The van der Waals surface area contributed by atoms with E-state index in [0.717, 1.165) is 24.5 Å². The zero-order chi connectivity index (χ0) is 18.0. The number of aromatic nitrogens is 4. The average molecular weight is 351 g/mol. The second-order valence-electron chi connectivity index (χ2n) is 6.20. The highest BCUT2D eigenvalue weighted by atomic mass is 16.5. The molecule has 2 aromatic carbocycles. The molecule has 0 aliphatic heterocycles. The van der Waals surface area contributed by atoms with Crippen molar-refractivity contribution in [3.63, 3.8) is 0 Å². The Morgan fingerprint density at radius 2 is 1.88 bits per heavy atom. The summed E-state index contributed by atoms with van der Waals surface area (Å²) in [5.41, 5.74) is 2.04. The highest BCUT2D eigenvalue weighted by molar-refractivity contribution is 5.34. The Morgan fingerprint density at radius 1 is 1.00 bits per heavy atom. The number of tetrazole rings is 1. The van der Waals surface area contributed by atoms with Crippen molar-refractivity contribution in [2.75, 3.05) is 6.54 Å². The summed E-state index contributed by atoms with van der Waals surface area (Å²) in [5, 5.41) is 15.2. The van der Waals surface area contributed by atoms with Crippen LogP contribution >= 0.6 is 0 Å². The van der Waals surface area contributed by atoms with Gasteiger partial charge in [0, 0.05) is 6.54 Å². The zero-order valence-corrected chi connectivity index (χ0v) is 15.1. The lowest BCUT2D eigenvalue weighted by Crippen LogP contribution is -2.14. The summed E-state index contributed by atoms with van der Waals surface area (Å²) in [4.78, 5) is 0. The van der Waals surface area contributed by atoms with Gasteiger partial charge in [-0.1, -0.05) is 61.6 Å². The molecule has 3 rings (SSSR count). The molecule has 0 amide bonds.